The van der Waals surface area contributed by atoms with Crippen LogP contribution >= 0.6 is 23.4 Å². The molecule has 0 radical (unpaired) electrons. The molecule has 2 unspecified atom stereocenters. The minimum absolute atomic E-state index is 0.0165. The van der Waals surface area contributed by atoms with E-state index >= 15 is 0 Å². The van der Waals surface area contributed by atoms with E-state index < -0.39 is 28.7 Å². The van der Waals surface area contributed by atoms with Gasteiger partial charge in [0.25, 0.3) is 0 Å². The highest BCUT2D eigenvalue weighted by molar-refractivity contribution is 8.02. The van der Waals surface area contributed by atoms with Crippen molar-refractivity contribution in [2.75, 3.05) is 19.0 Å². The molecule has 162 valence electrons. The van der Waals surface area contributed by atoms with E-state index in [9.17, 15) is 19.5 Å². The molecule has 6 atom stereocenters. The molecule has 3 amide bonds. The summed E-state index contributed by atoms with van der Waals surface area (Å²) in [4.78, 5) is 41.3. The number of nitrogens with zero attached hydrogens (tertiary/aromatic N) is 1. The highest BCUT2D eigenvalue weighted by Crippen LogP contribution is 2.66. The molecular formula is C21H26ClN3O4S. The number of hydrogen-bond donors (Lipinski definition) is 3. The minimum Gasteiger partial charge on any atom is -0.394 e. The summed E-state index contributed by atoms with van der Waals surface area (Å²) >= 11 is 7.91. The fourth-order valence-corrected chi connectivity index (χ4v) is 7.88. The Kier molecular flexibility index (Phi) is 5.53. The number of amides is 3. The van der Waals surface area contributed by atoms with Gasteiger partial charge in [0.1, 0.15) is 6.04 Å². The number of carbonyl (C=O) groups excluding carboxylic acids is 3. The van der Waals surface area contributed by atoms with Gasteiger partial charge in [-0.25, -0.2) is 0 Å². The number of aliphatic hydroxyl groups excluding tert-OH is 1. The van der Waals surface area contributed by atoms with Crippen LogP contribution in [0.5, 0.6) is 0 Å². The molecule has 3 N–H and O–H groups in total. The molecule has 3 saturated heterocycles. The molecule has 0 aliphatic carbocycles. The van der Waals surface area contributed by atoms with Gasteiger partial charge in [0.05, 0.1) is 39.9 Å². The molecular weight excluding hydrogens is 426 g/mol. The summed E-state index contributed by atoms with van der Waals surface area (Å²) in [6.07, 6.45) is 1.46. The van der Waals surface area contributed by atoms with Crippen LogP contribution in [0.4, 0.5) is 5.69 Å². The summed E-state index contributed by atoms with van der Waals surface area (Å²) in [7, 11) is 1.57. The van der Waals surface area contributed by atoms with Crippen molar-refractivity contribution in [1.29, 1.82) is 0 Å². The number of anilines is 1. The Labute approximate surface area is 184 Å². The summed E-state index contributed by atoms with van der Waals surface area (Å²) in [6.45, 7) is 3.32. The molecule has 3 aliphatic heterocycles. The molecule has 0 aromatic heterocycles. The summed E-state index contributed by atoms with van der Waals surface area (Å²) in [5, 5.41) is 15.9. The van der Waals surface area contributed by atoms with Crippen molar-refractivity contribution in [3.8, 4) is 0 Å². The fraction of sp³-hybridized carbons (Fsp3) is 0.571. The van der Waals surface area contributed by atoms with Crippen molar-refractivity contribution >= 4 is 46.8 Å². The molecule has 1 aromatic rings. The monoisotopic (exact) mass is 451 g/mol. The van der Waals surface area contributed by atoms with Crippen LogP contribution < -0.4 is 10.6 Å². The molecule has 7 nitrogen and oxygen atoms in total. The normalized spacial score (nSPS) is 32.8. The third-order valence-corrected chi connectivity index (χ3v) is 9.01. The number of para-hydroxylation sites is 1. The van der Waals surface area contributed by atoms with Gasteiger partial charge in [-0.3, -0.25) is 14.4 Å². The van der Waals surface area contributed by atoms with Gasteiger partial charge in [-0.15, -0.1) is 11.8 Å². The Morgan fingerprint density at radius 3 is 2.77 bits per heavy atom. The van der Waals surface area contributed by atoms with Crippen LogP contribution in [-0.4, -0.2) is 63.5 Å². The van der Waals surface area contributed by atoms with Gasteiger partial charge in [0.2, 0.25) is 17.7 Å². The van der Waals surface area contributed by atoms with Crippen LogP contribution in [0.2, 0.25) is 5.02 Å². The highest BCUT2D eigenvalue weighted by atomic mass is 35.5. The van der Waals surface area contributed by atoms with Crippen LogP contribution in [0.3, 0.4) is 0 Å². The predicted octanol–water partition coefficient (Wildman–Crippen LogP) is 1.80. The fourth-order valence-electron chi connectivity index (χ4n) is 5.40. The summed E-state index contributed by atoms with van der Waals surface area (Å²) in [6, 6.07) is 4.05. The van der Waals surface area contributed by atoms with Crippen molar-refractivity contribution in [3.63, 3.8) is 0 Å². The SMILES string of the molecule is CNC(=O)[C@@H]1[C@H]2C(=O)N([C@H](C)CO)C(C(=O)Nc3c(C)cccc3Cl)C23CC[C@H]1S3. The molecule has 1 aromatic carbocycles. The smallest absolute Gasteiger partial charge is 0.248 e. The number of nitrogens with one attached hydrogen (secondary N) is 2. The molecule has 3 aliphatic rings. The lowest BCUT2D eigenvalue weighted by Crippen LogP contribution is -2.54. The van der Waals surface area contributed by atoms with E-state index in [0.717, 1.165) is 12.0 Å². The zero-order chi connectivity index (χ0) is 21.8. The molecule has 3 fully saturated rings. The second-order valence-electron chi connectivity index (χ2n) is 8.37. The standard InChI is InChI=1S/C21H26ClN3O4S/c1-10-5-4-6-12(22)16(10)24-19(28)17-21-8-7-13(30-21)14(18(27)23-3)15(21)20(29)25(17)11(2)9-26/h4-6,11,13-15,17,26H,7-9H2,1-3H3,(H,23,27)(H,24,28)/t11-,13-,14+,15+,17?,21?/m1/s1. The first-order chi connectivity index (χ1) is 14.3. The molecule has 2 bridgehead atoms. The Morgan fingerprint density at radius 1 is 1.40 bits per heavy atom. The first-order valence-electron chi connectivity index (χ1n) is 10.1. The number of aryl methyl sites for hydroxylation is 1. The number of thioether (sulfide) groups is 1. The number of likely N-dealkylation sites (tertiary alicyclic amines) is 1. The van der Waals surface area contributed by atoms with E-state index in [1.807, 2.05) is 19.1 Å². The third kappa shape index (κ3) is 2.95. The number of rotatable bonds is 5. The zero-order valence-electron chi connectivity index (χ0n) is 17.1. The van der Waals surface area contributed by atoms with Crippen molar-refractivity contribution in [3.05, 3.63) is 28.8 Å². The van der Waals surface area contributed by atoms with E-state index in [1.54, 1.807) is 31.8 Å². The van der Waals surface area contributed by atoms with E-state index in [-0.39, 0.29) is 29.6 Å². The topological polar surface area (TPSA) is 98.7 Å². The maximum atomic E-state index is 13.6. The lowest BCUT2D eigenvalue weighted by atomic mass is 9.70. The average molecular weight is 452 g/mol. The van der Waals surface area contributed by atoms with Gasteiger partial charge in [0, 0.05) is 12.3 Å². The maximum absolute atomic E-state index is 13.6. The minimum atomic E-state index is -0.780. The van der Waals surface area contributed by atoms with Crippen LogP contribution in [-0.2, 0) is 14.4 Å². The second kappa shape index (κ2) is 7.73. The van der Waals surface area contributed by atoms with Gasteiger partial charge >= 0.3 is 0 Å². The number of aliphatic hydroxyl groups is 1. The Balaban J connectivity index is 1.76. The average Bonchev–Trinajstić information content (AvgIpc) is 3.37. The first-order valence-corrected chi connectivity index (χ1v) is 11.4. The van der Waals surface area contributed by atoms with Gasteiger partial charge in [-0.05, 0) is 38.3 Å². The zero-order valence-corrected chi connectivity index (χ0v) is 18.7. The van der Waals surface area contributed by atoms with Gasteiger partial charge in [-0.2, -0.15) is 0 Å². The van der Waals surface area contributed by atoms with Gasteiger partial charge < -0.3 is 20.6 Å². The van der Waals surface area contributed by atoms with Gasteiger partial charge in [0.15, 0.2) is 0 Å². The van der Waals surface area contributed by atoms with Crippen LogP contribution in [0.15, 0.2) is 18.2 Å². The maximum Gasteiger partial charge on any atom is 0.248 e. The Morgan fingerprint density at radius 2 is 2.13 bits per heavy atom. The number of halogens is 1. The Hall–Kier alpha value is -1.77. The van der Waals surface area contributed by atoms with Crippen molar-refractivity contribution in [1.82, 2.24) is 10.2 Å². The molecule has 30 heavy (non-hydrogen) atoms. The van der Waals surface area contributed by atoms with Gasteiger partial charge in [-0.1, -0.05) is 23.7 Å². The summed E-state index contributed by atoms with van der Waals surface area (Å²) in [5.74, 6) is -1.75. The van der Waals surface area contributed by atoms with E-state index in [2.05, 4.69) is 10.6 Å². The number of carbonyl (C=O) groups is 3. The summed E-state index contributed by atoms with van der Waals surface area (Å²) in [5.41, 5.74) is 1.34. The van der Waals surface area contributed by atoms with Crippen molar-refractivity contribution < 1.29 is 19.5 Å². The van der Waals surface area contributed by atoms with E-state index in [0.29, 0.717) is 17.1 Å². The molecule has 4 rings (SSSR count). The quantitative estimate of drug-likeness (QED) is 0.634. The van der Waals surface area contributed by atoms with Crippen molar-refractivity contribution in [2.45, 2.75) is 48.8 Å². The largest absolute Gasteiger partial charge is 0.394 e. The lowest BCUT2D eigenvalue weighted by Gasteiger charge is -2.36. The lowest BCUT2D eigenvalue weighted by molar-refractivity contribution is -0.141. The number of hydrogen-bond acceptors (Lipinski definition) is 5. The van der Waals surface area contributed by atoms with Crippen LogP contribution in [0.1, 0.15) is 25.3 Å². The van der Waals surface area contributed by atoms with Crippen molar-refractivity contribution in [2.24, 2.45) is 11.8 Å². The summed E-state index contributed by atoms with van der Waals surface area (Å²) < 4.78 is -0.679. The highest BCUT2D eigenvalue weighted by Gasteiger charge is 2.73. The van der Waals surface area contributed by atoms with Crippen LogP contribution in [0, 0.1) is 18.8 Å². The Bertz CT molecular complexity index is 892. The number of benzene rings is 1. The number of fused-ring (bicyclic) bond motifs is 1. The molecule has 1 spiro atoms. The molecule has 9 heteroatoms. The predicted molar refractivity (Wildman–Crippen MR) is 116 cm³/mol. The van der Waals surface area contributed by atoms with E-state index in [4.69, 9.17) is 11.6 Å². The molecule has 0 saturated carbocycles. The second-order valence-corrected chi connectivity index (χ2v) is 10.4. The first kappa shape index (κ1) is 21.5. The van der Waals surface area contributed by atoms with Crippen LogP contribution in [0.25, 0.3) is 0 Å². The third-order valence-electron chi connectivity index (χ3n) is 6.74. The van der Waals surface area contributed by atoms with E-state index in [1.165, 1.54) is 4.90 Å². The molecule has 3 heterocycles.